The predicted octanol–water partition coefficient (Wildman–Crippen LogP) is 1.60. The van der Waals surface area contributed by atoms with Gasteiger partial charge in [-0.3, -0.25) is 4.79 Å². The maximum atomic E-state index is 13.5. The summed E-state index contributed by atoms with van der Waals surface area (Å²) >= 11 is 0. The molecule has 1 aliphatic heterocycles. The second-order valence-corrected chi connectivity index (χ2v) is 6.05. The van der Waals surface area contributed by atoms with Crippen LogP contribution in [0.1, 0.15) is 20.3 Å². The number of hydrogen-bond donors (Lipinski definition) is 2. The van der Waals surface area contributed by atoms with Crippen molar-refractivity contribution in [3.63, 3.8) is 0 Å². The van der Waals surface area contributed by atoms with Gasteiger partial charge in [-0.25, -0.2) is 13.2 Å². The Balaban J connectivity index is 1.97. The number of anilines is 1. The van der Waals surface area contributed by atoms with E-state index in [1.165, 1.54) is 0 Å². The van der Waals surface area contributed by atoms with Gasteiger partial charge in [-0.05, 0) is 18.6 Å². The summed E-state index contributed by atoms with van der Waals surface area (Å²) in [4.78, 5) is 13.1. The molecule has 1 fully saturated rings. The average molecular weight is 301 g/mol. The molecule has 1 amide bonds. The topological polar surface area (TPSA) is 33.5 Å². The quantitative estimate of drug-likeness (QED) is 0.817. The Bertz CT molecular complexity index is 526. The van der Waals surface area contributed by atoms with Gasteiger partial charge in [0.05, 0.1) is 18.8 Å². The van der Waals surface area contributed by atoms with Crippen molar-refractivity contribution in [1.82, 2.24) is 0 Å². The van der Waals surface area contributed by atoms with Crippen LogP contribution >= 0.6 is 0 Å². The molecular weight excluding hydrogens is 281 g/mol. The fourth-order valence-corrected chi connectivity index (χ4v) is 3.11. The fourth-order valence-electron chi connectivity index (χ4n) is 3.11. The first kappa shape index (κ1) is 15.8. The molecule has 0 spiro atoms. The first-order valence-electron chi connectivity index (χ1n) is 7.13. The van der Waals surface area contributed by atoms with Crippen LogP contribution in [0.15, 0.2) is 12.1 Å². The molecule has 2 N–H and O–H groups in total. The van der Waals surface area contributed by atoms with E-state index in [0.717, 1.165) is 36.5 Å². The highest BCUT2D eigenvalue weighted by molar-refractivity contribution is 5.91. The smallest absolute Gasteiger partial charge is 0.279 e. The second kappa shape index (κ2) is 6.47. The van der Waals surface area contributed by atoms with E-state index < -0.39 is 23.4 Å². The minimum Gasteiger partial charge on any atom is -0.327 e. The molecule has 21 heavy (non-hydrogen) atoms. The van der Waals surface area contributed by atoms with Crippen LogP contribution < -0.4 is 10.2 Å². The molecular formula is C15H20F3N2O+. The SMILES string of the molecule is C[C@@H]1C[C@@H](C)C[NH+](CC(=O)Nc2ccc(F)c(F)c2F)C1. The van der Waals surface area contributed by atoms with Crippen LogP contribution in [0.2, 0.25) is 0 Å². The Labute approximate surface area is 122 Å². The van der Waals surface area contributed by atoms with E-state index in [-0.39, 0.29) is 12.2 Å². The number of quaternary nitrogens is 1. The number of halogens is 3. The second-order valence-electron chi connectivity index (χ2n) is 6.05. The normalized spacial score (nSPS) is 25.7. The summed E-state index contributed by atoms with van der Waals surface area (Å²) in [6.45, 7) is 6.26. The van der Waals surface area contributed by atoms with Crippen molar-refractivity contribution in [2.75, 3.05) is 25.0 Å². The lowest BCUT2D eigenvalue weighted by atomic mass is 9.92. The third-order valence-electron chi connectivity index (χ3n) is 3.80. The number of piperidine rings is 1. The number of hydrogen-bond acceptors (Lipinski definition) is 1. The van der Waals surface area contributed by atoms with Crippen molar-refractivity contribution in [2.24, 2.45) is 11.8 Å². The van der Waals surface area contributed by atoms with E-state index in [2.05, 4.69) is 19.2 Å². The molecule has 0 bridgehead atoms. The zero-order valence-corrected chi connectivity index (χ0v) is 12.2. The Kier molecular flexibility index (Phi) is 4.88. The van der Waals surface area contributed by atoms with Crippen molar-refractivity contribution >= 4 is 11.6 Å². The molecule has 1 aliphatic rings. The maximum Gasteiger partial charge on any atom is 0.279 e. The van der Waals surface area contributed by atoms with Crippen LogP contribution in [0, 0.1) is 29.3 Å². The summed E-state index contributed by atoms with van der Waals surface area (Å²) in [6.07, 6.45) is 1.14. The van der Waals surface area contributed by atoms with Crippen molar-refractivity contribution in [3.05, 3.63) is 29.6 Å². The Hall–Kier alpha value is -1.56. The third-order valence-corrected chi connectivity index (χ3v) is 3.80. The van der Waals surface area contributed by atoms with Gasteiger partial charge in [0.1, 0.15) is 0 Å². The Morgan fingerprint density at radius 2 is 1.81 bits per heavy atom. The number of likely N-dealkylation sites (tertiary alicyclic amines) is 1. The highest BCUT2D eigenvalue weighted by Gasteiger charge is 2.27. The summed E-state index contributed by atoms with van der Waals surface area (Å²) in [6, 6.07) is 1.83. The average Bonchev–Trinajstić information content (AvgIpc) is 2.38. The van der Waals surface area contributed by atoms with Crippen LogP contribution in [0.4, 0.5) is 18.9 Å². The summed E-state index contributed by atoms with van der Waals surface area (Å²) in [5, 5.41) is 2.31. The molecule has 3 nitrogen and oxygen atoms in total. The van der Waals surface area contributed by atoms with Gasteiger partial charge in [-0.2, -0.15) is 0 Å². The zero-order chi connectivity index (χ0) is 15.6. The standard InChI is InChI=1S/C15H19F3N2O/c1-9-5-10(2)7-20(6-9)8-13(21)19-12-4-3-11(16)14(17)15(12)18/h3-4,9-10H,5-8H2,1-2H3,(H,19,21)/p+1/t9-,10-/m1/s1. The lowest BCUT2D eigenvalue weighted by molar-refractivity contribution is -0.904. The molecule has 116 valence electrons. The molecule has 0 aliphatic carbocycles. The van der Waals surface area contributed by atoms with Crippen LogP contribution in [0.3, 0.4) is 0 Å². The molecule has 2 rings (SSSR count). The summed E-state index contributed by atoms with van der Waals surface area (Å²) in [7, 11) is 0. The van der Waals surface area contributed by atoms with Crippen LogP contribution in [-0.2, 0) is 4.79 Å². The number of carbonyl (C=O) groups is 1. The molecule has 1 saturated heterocycles. The highest BCUT2D eigenvalue weighted by atomic mass is 19.2. The van der Waals surface area contributed by atoms with Gasteiger partial charge in [0.2, 0.25) is 0 Å². The van der Waals surface area contributed by atoms with Crippen LogP contribution in [0.25, 0.3) is 0 Å². The number of amides is 1. The van der Waals surface area contributed by atoms with E-state index in [1.807, 2.05) is 0 Å². The molecule has 1 aromatic rings. The maximum absolute atomic E-state index is 13.5. The monoisotopic (exact) mass is 301 g/mol. The van der Waals surface area contributed by atoms with Gasteiger partial charge in [0, 0.05) is 11.8 Å². The fraction of sp³-hybridized carbons (Fsp3) is 0.533. The minimum atomic E-state index is -1.57. The molecule has 0 unspecified atom stereocenters. The molecule has 0 aromatic heterocycles. The molecule has 6 heteroatoms. The lowest BCUT2D eigenvalue weighted by Crippen LogP contribution is -3.15. The lowest BCUT2D eigenvalue weighted by Gasteiger charge is -2.31. The van der Waals surface area contributed by atoms with Crippen molar-refractivity contribution in [3.8, 4) is 0 Å². The van der Waals surface area contributed by atoms with Crippen molar-refractivity contribution in [2.45, 2.75) is 20.3 Å². The van der Waals surface area contributed by atoms with Crippen LogP contribution in [0.5, 0.6) is 0 Å². The van der Waals surface area contributed by atoms with Gasteiger partial charge in [0.15, 0.2) is 24.0 Å². The largest absolute Gasteiger partial charge is 0.327 e. The molecule has 0 saturated carbocycles. The summed E-state index contributed by atoms with van der Waals surface area (Å²) in [5.41, 5.74) is -0.323. The number of nitrogens with one attached hydrogen (secondary N) is 2. The first-order chi connectivity index (χ1) is 9.86. The number of benzene rings is 1. The van der Waals surface area contributed by atoms with Gasteiger partial charge >= 0.3 is 0 Å². The van der Waals surface area contributed by atoms with E-state index in [9.17, 15) is 18.0 Å². The molecule has 1 aromatic carbocycles. The van der Waals surface area contributed by atoms with Crippen LogP contribution in [-0.4, -0.2) is 25.5 Å². The number of rotatable bonds is 3. The molecule has 1 heterocycles. The Morgan fingerprint density at radius 1 is 1.19 bits per heavy atom. The van der Waals surface area contributed by atoms with Crippen molar-refractivity contribution < 1.29 is 22.9 Å². The minimum absolute atomic E-state index is 0.202. The zero-order valence-electron chi connectivity index (χ0n) is 12.2. The van der Waals surface area contributed by atoms with Gasteiger partial charge in [-0.1, -0.05) is 13.8 Å². The van der Waals surface area contributed by atoms with E-state index in [4.69, 9.17) is 0 Å². The van der Waals surface area contributed by atoms with E-state index in [0.29, 0.717) is 11.8 Å². The number of carbonyl (C=O) groups excluding carboxylic acids is 1. The third kappa shape index (κ3) is 3.97. The molecule has 2 atom stereocenters. The summed E-state index contributed by atoms with van der Waals surface area (Å²) < 4.78 is 39.4. The Morgan fingerprint density at radius 3 is 2.43 bits per heavy atom. The highest BCUT2D eigenvalue weighted by Crippen LogP contribution is 2.19. The van der Waals surface area contributed by atoms with Crippen molar-refractivity contribution in [1.29, 1.82) is 0 Å². The van der Waals surface area contributed by atoms with E-state index in [1.54, 1.807) is 0 Å². The van der Waals surface area contributed by atoms with Gasteiger partial charge in [0.25, 0.3) is 5.91 Å². The molecule has 0 radical (unpaired) electrons. The van der Waals surface area contributed by atoms with E-state index >= 15 is 0 Å². The van der Waals surface area contributed by atoms with Gasteiger partial charge < -0.3 is 10.2 Å². The summed E-state index contributed by atoms with van der Waals surface area (Å²) in [5.74, 6) is -3.52. The predicted molar refractivity (Wildman–Crippen MR) is 73.5 cm³/mol. The van der Waals surface area contributed by atoms with Gasteiger partial charge in [-0.15, -0.1) is 0 Å². The first-order valence-corrected chi connectivity index (χ1v) is 7.13.